The monoisotopic (exact) mass is 578 g/mol. The Morgan fingerprint density at radius 3 is 2.39 bits per heavy atom. The molecule has 0 bridgehead atoms. The van der Waals surface area contributed by atoms with Crippen molar-refractivity contribution in [3.05, 3.63) is 51.0 Å². The summed E-state index contributed by atoms with van der Waals surface area (Å²) in [5.41, 5.74) is -6.21. The number of fused-ring (bicyclic) bond motifs is 3. The maximum atomic E-state index is 14.6. The maximum Gasteiger partial charge on any atom is 0.417 e. The summed E-state index contributed by atoms with van der Waals surface area (Å²) in [5.74, 6) is -8.00. The zero-order valence-corrected chi connectivity index (χ0v) is 23.1. The van der Waals surface area contributed by atoms with Crippen molar-refractivity contribution in [3.8, 4) is 5.75 Å². The van der Waals surface area contributed by atoms with Gasteiger partial charge in [0.25, 0.3) is 0 Å². The molecule has 5 N–H and O–H groups in total. The summed E-state index contributed by atoms with van der Waals surface area (Å²) in [7, 11) is 1.58. The van der Waals surface area contributed by atoms with Crippen molar-refractivity contribution in [3.63, 3.8) is 0 Å². The number of ketones is 3. The smallest absolute Gasteiger partial charge is 0.417 e. The summed E-state index contributed by atoms with van der Waals surface area (Å²) < 4.78 is 43.8. The highest BCUT2D eigenvalue weighted by molar-refractivity contribution is 6.25. The summed E-state index contributed by atoms with van der Waals surface area (Å²) in [6, 6.07) is -1.20. The second-order valence-electron chi connectivity index (χ2n) is 11.8. The van der Waals surface area contributed by atoms with Gasteiger partial charge in [0, 0.05) is 23.6 Å². The van der Waals surface area contributed by atoms with E-state index in [1.54, 1.807) is 25.8 Å². The number of Topliss-reactive ketones (excluding diaryl/α,β-unsaturated/α-hetero) is 3. The summed E-state index contributed by atoms with van der Waals surface area (Å²) in [6.45, 7) is 5.04. The van der Waals surface area contributed by atoms with Gasteiger partial charge in [-0.2, -0.15) is 13.2 Å². The highest BCUT2D eigenvalue weighted by atomic mass is 19.4. The molecule has 9 nitrogen and oxygen atoms in total. The van der Waals surface area contributed by atoms with Crippen LogP contribution in [0, 0.1) is 11.8 Å². The summed E-state index contributed by atoms with van der Waals surface area (Å²) in [6.07, 6.45) is -4.48. The number of likely N-dealkylation sites (N-methyl/N-ethyl adjacent to an activating group) is 1. The molecule has 222 valence electrons. The van der Waals surface area contributed by atoms with E-state index in [2.05, 4.69) is 5.32 Å². The van der Waals surface area contributed by atoms with Gasteiger partial charge in [-0.25, -0.2) is 0 Å². The number of phenolic OH excluding ortho intramolecular Hbond substituents is 1. The quantitative estimate of drug-likeness (QED) is 0.339. The average Bonchev–Trinajstić information content (AvgIpc) is 3.39. The lowest BCUT2D eigenvalue weighted by molar-refractivity contribution is -0.149. The van der Waals surface area contributed by atoms with Gasteiger partial charge in [-0.1, -0.05) is 0 Å². The van der Waals surface area contributed by atoms with Gasteiger partial charge in [-0.3, -0.25) is 19.3 Å². The zero-order chi connectivity index (χ0) is 30.3. The number of hydrogen-bond acceptors (Lipinski definition) is 9. The molecule has 1 fully saturated rings. The number of halogens is 3. The molecular formula is C29H33F3N2O7. The van der Waals surface area contributed by atoms with Crippen molar-refractivity contribution in [1.29, 1.82) is 0 Å². The van der Waals surface area contributed by atoms with Gasteiger partial charge in [-0.15, -0.1) is 0 Å². The van der Waals surface area contributed by atoms with E-state index in [1.807, 2.05) is 0 Å². The minimum atomic E-state index is -4.87. The molecule has 5 rings (SSSR count). The van der Waals surface area contributed by atoms with Gasteiger partial charge >= 0.3 is 6.18 Å². The highest BCUT2D eigenvalue weighted by Crippen LogP contribution is 2.54. The van der Waals surface area contributed by atoms with Crippen LogP contribution in [0.1, 0.15) is 73.1 Å². The van der Waals surface area contributed by atoms with E-state index < -0.39 is 105 Å². The van der Waals surface area contributed by atoms with Crippen molar-refractivity contribution in [2.45, 2.75) is 76.4 Å². The van der Waals surface area contributed by atoms with Crippen LogP contribution < -0.4 is 5.32 Å². The molecule has 1 aliphatic heterocycles. The predicted molar refractivity (Wildman–Crippen MR) is 139 cm³/mol. The molecule has 12 heteroatoms. The van der Waals surface area contributed by atoms with Crippen molar-refractivity contribution in [2.24, 2.45) is 11.8 Å². The van der Waals surface area contributed by atoms with Crippen LogP contribution in [-0.4, -0.2) is 74.0 Å². The predicted octanol–water partition coefficient (Wildman–Crippen LogP) is 3.45. The van der Waals surface area contributed by atoms with Gasteiger partial charge in [-0.05, 0) is 83.2 Å². The number of nitrogens with one attached hydrogen (secondary N) is 1. The Balaban J connectivity index is 1.75. The van der Waals surface area contributed by atoms with Gasteiger partial charge in [0.1, 0.15) is 22.8 Å². The third-order valence-electron chi connectivity index (χ3n) is 9.28. The van der Waals surface area contributed by atoms with Crippen LogP contribution in [0.3, 0.4) is 0 Å². The van der Waals surface area contributed by atoms with Crippen molar-refractivity contribution in [1.82, 2.24) is 10.2 Å². The van der Waals surface area contributed by atoms with Gasteiger partial charge in [0.15, 0.2) is 17.2 Å². The topological polar surface area (TPSA) is 147 Å². The molecule has 0 aromatic heterocycles. The van der Waals surface area contributed by atoms with E-state index >= 15 is 0 Å². The lowest BCUT2D eigenvalue weighted by Gasteiger charge is -2.51. The van der Waals surface area contributed by atoms with E-state index in [9.17, 15) is 48.0 Å². The molecular weight excluding hydrogens is 545 g/mol. The number of carbonyl (C=O) groups excluding carboxylic acids is 3. The third kappa shape index (κ3) is 4.13. The van der Waals surface area contributed by atoms with Crippen molar-refractivity contribution >= 4 is 17.3 Å². The number of carbonyl (C=O) groups is 3. The summed E-state index contributed by atoms with van der Waals surface area (Å²) >= 11 is 0. The van der Waals surface area contributed by atoms with Crippen LogP contribution in [0.15, 0.2) is 28.7 Å². The third-order valence-corrected chi connectivity index (χ3v) is 9.28. The number of nitrogens with zero attached hydrogens (tertiary/aromatic N) is 1. The molecule has 41 heavy (non-hydrogen) atoms. The minimum absolute atomic E-state index is 0.167. The first-order valence-corrected chi connectivity index (χ1v) is 13.6. The lowest BCUT2D eigenvalue weighted by Crippen LogP contribution is -2.64. The Hall–Kier alpha value is -3.22. The van der Waals surface area contributed by atoms with Crippen LogP contribution in [-0.2, 0) is 22.2 Å². The number of benzene rings is 1. The fourth-order valence-electron chi connectivity index (χ4n) is 7.21. The molecule has 0 radical (unpaired) electrons. The number of allylic oxidation sites excluding steroid dienone is 1. The Kier molecular flexibility index (Phi) is 6.91. The van der Waals surface area contributed by atoms with Crippen LogP contribution in [0.4, 0.5) is 13.2 Å². The second-order valence-corrected chi connectivity index (χ2v) is 11.8. The first kappa shape index (κ1) is 29.3. The molecule has 3 aliphatic carbocycles. The van der Waals surface area contributed by atoms with E-state index in [-0.39, 0.29) is 18.0 Å². The normalized spacial score (nSPS) is 30.2. The van der Waals surface area contributed by atoms with Gasteiger partial charge in [0.2, 0.25) is 5.78 Å². The van der Waals surface area contributed by atoms with Crippen molar-refractivity contribution in [2.75, 3.05) is 13.6 Å². The minimum Gasteiger partial charge on any atom is -0.510 e. The molecule has 1 aromatic carbocycles. The van der Waals surface area contributed by atoms with E-state index in [1.165, 1.54) is 0 Å². The highest BCUT2D eigenvalue weighted by Gasteiger charge is 2.63. The largest absolute Gasteiger partial charge is 0.510 e. The van der Waals surface area contributed by atoms with E-state index in [4.69, 9.17) is 0 Å². The number of alkyl halides is 3. The molecule has 1 saturated heterocycles. The number of aromatic hydroxyl groups is 1. The number of aliphatic hydroxyl groups excluding tert-OH is 2. The maximum absolute atomic E-state index is 14.6. The zero-order valence-electron chi connectivity index (χ0n) is 23.1. The summed E-state index contributed by atoms with van der Waals surface area (Å²) in [4.78, 5) is 41.4. The van der Waals surface area contributed by atoms with Crippen LogP contribution >= 0.6 is 0 Å². The summed E-state index contributed by atoms with van der Waals surface area (Å²) in [5, 5.41) is 48.2. The molecule has 0 saturated carbocycles. The Bertz CT molecular complexity index is 1420. The number of rotatable bonds is 4. The molecule has 4 aliphatic rings. The molecule has 1 unspecified atom stereocenters. The molecule has 1 aromatic rings. The van der Waals surface area contributed by atoms with E-state index in [0.717, 1.165) is 13.0 Å². The van der Waals surface area contributed by atoms with Crippen LogP contribution in [0.25, 0.3) is 0 Å². The van der Waals surface area contributed by atoms with Crippen LogP contribution in [0.5, 0.6) is 5.75 Å². The lowest BCUT2D eigenvalue weighted by atomic mass is 9.58. The number of phenols is 1. The number of aliphatic hydroxyl groups is 3. The van der Waals surface area contributed by atoms with E-state index in [0.29, 0.717) is 19.4 Å². The molecule has 5 atom stereocenters. The first-order chi connectivity index (χ1) is 19.0. The van der Waals surface area contributed by atoms with Crippen LogP contribution in [0.2, 0.25) is 0 Å². The Labute approximate surface area is 234 Å². The molecule has 1 heterocycles. The van der Waals surface area contributed by atoms with Crippen molar-refractivity contribution < 1.29 is 48.0 Å². The first-order valence-electron chi connectivity index (χ1n) is 13.6. The second kappa shape index (κ2) is 9.67. The van der Waals surface area contributed by atoms with Gasteiger partial charge < -0.3 is 25.7 Å². The fourth-order valence-corrected chi connectivity index (χ4v) is 7.21. The number of hydrogen-bond donors (Lipinski definition) is 5. The molecule has 0 spiro atoms. The Morgan fingerprint density at radius 1 is 1.20 bits per heavy atom. The average molecular weight is 579 g/mol. The fraction of sp³-hybridized carbons (Fsp3) is 0.552. The standard InChI is InChI=1S/C29H33F3N2O7/c1-11(2)34(4)23-16-9-13-8-15-21(18(36)10-14(17-6-5-7-33-17)22(15)29(30,31)32)24(37)20(13)27(40)28(16,41)26(39)19(12(3)35)25(23)38/h10-11,13,16-17,23,33,36,38,40-41H,5-9H2,1-4H3/t13-,16-,17?,23-,28+/m0/s1. The van der Waals surface area contributed by atoms with Gasteiger partial charge in [0.05, 0.1) is 17.2 Å². The Morgan fingerprint density at radius 2 is 1.85 bits per heavy atom. The SMILES string of the molecule is CC(=O)C1=C(O)[C@@H](N(C)C(C)C)[C@@H]2C[C@@H]3Cc4c(c(O)cc(C5CCCN5)c4C(F)(F)F)C(=O)C3=C(O)[C@]2(O)C1=O. The molecule has 0 amide bonds.